The quantitative estimate of drug-likeness (QED) is 0.447. The van der Waals surface area contributed by atoms with E-state index in [1.807, 2.05) is 99.6 Å². The van der Waals surface area contributed by atoms with Gasteiger partial charge in [0.2, 0.25) is 5.91 Å². The van der Waals surface area contributed by atoms with Gasteiger partial charge in [-0.1, -0.05) is 73.7 Å². The van der Waals surface area contributed by atoms with Crippen LogP contribution in [0.25, 0.3) is 0 Å². The van der Waals surface area contributed by atoms with Crippen LogP contribution in [0.3, 0.4) is 0 Å². The predicted octanol–water partition coefficient (Wildman–Crippen LogP) is 4.85. The highest BCUT2D eigenvalue weighted by Crippen LogP contribution is 2.18. The Balaban J connectivity index is 1.86. The van der Waals surface area contributed by atoms with Crippen molar-refractivity contribution in [3.05, 3.63) is 101 Å². The lowest BCUT2D eigenvalue weighted by molar-refractivity contribution is -0.142. The first-order valence-electron chi connectivity index (χ1n) is 11.8. The maximum absolute atomic E-state index is 13.5. The Hall–Kier alpha value is -3.60. The molecule has 0 bridgehead atoms. The molecule has 3 aromatic rings. The van der Waals surface area contributed by atoms with Crippen LogP contribution in [-0.2, 0) is 22.6 Å². The van der Waals surface area contributed by atoms with Crippen LogP contribution >= 0.6 is 0 Å². The zero-order chi connectivity index (χ0) is 24.3. The fraction of sp³-hybridized carbons (Fsp3) is 0.310. The molecule has 178 valence electrons. The fourth-order valence-corrected chi connectivity index (χ4v) is 3.73. The summed E-state index contributed by atoms with van der Waals surface area (Å²) in [6, 6.07) is 24.7. The molecule has 0 spiro atoms. The normalized spacial score (nSPS) is 11.5. The first kappa shape index (κ1) is 25.0. The Morgan fingerprint density at radius 3 is 2.15 bits per heavy atom. The zero-order valence-electron chi connectivity index (χ0n) is 20.3. The Morgan fingerprint density at radius 1 is 0.882 bits per heavy atom. The summed E-state index contributed by atoms with van der Waals surface area (Å²) < 4.78 is 5.86. The summed E-state index contributed by atoms with van der Waals surface area (Å²) >= 11 is 0. The molecule has 5 nitrogen and oxygen atoms in total. The summed E-state index contributed by atoms with van der Waals surface area (Å²) in [4.78, 5) is 28.4. The summed E-state index contributed by atoms with van der Waals surface area (Å²) in [5.74, 6) is 0.266. The van der Waals surface area contributed by atoms with Gasteiger partial charge in [0, 0.05) is 19.5 Å². The minimum absolute atomic E-state index is 0.137. The Bertz CT molecular complexity index is 1070. The molecule has 0 aliphatic rings. The molecule has 0 aliphatic heterocycles. The molecule has 0 aromatic heterocycles. The number of nitrogens with zero attached hydrogens (tertiary/aromatic N) is 1. The maximum Gasteiger partial charge on any atom is 0.261 e. The van der Waals surface area contributed by atoms with E-state index in [1.165, 1.54) is 5.56 Å². The lowest BCUT2D eigenvalue weighted by atomic mass is 10.0. The highest BCUT2D eigenvalue weighted by Gasteiger charge is 2.30. The molecule has 0 unspecified atom stereocenters. The number of benzene rings is 3. The van der Waals surface area contributed by atoms with E-state index in [-0.39, 0.29) is 18.4 Å². The van der Waals surface area contributed by atoms with Crippen LogP contribution in [0.15, 0.2) is 78.9 Å². The van der Waals surface area contributed by atoms with E-state index >= 15 is 0 Å². The molecule has 3 rings (SSSR count). The van der Waals surface area contributed by atoms with Gasteiger partial charge in [-0.3, -0.25) is 9.59 Å². The number of carbonyl (C=O) groups excluding carboxylic acids is 2. The molecule has 5 heteroatoms. The second-order valence-electron chi connectivity index (χ2n) is 8.54. The minimum atomic E-state index is -0.648. The topological polar surface area (TPSA) is 58.6 Å². The number of nitrogens with one attached hydrogen (secondary N) is 1. The average molecular weight is 459 g/mol. The van der Waals surface area contributed by atoms with Gasteiger partial charge in [0.15, 0.2) is 6.61 Å². The first-order chi connectivity index (χ1) is 16.5. The van der Waals surface area contributed by atoms with E-state index in [9.17, 15) is 9.59 Å². The van der Waals surface area contributed by atoms with Crippen molar-refractivity contribution in [2.75, 3.05) is 13.2 Å². The Labute approximate surface area is 202 Å². The van der Waals surface area contributed by atoms with E-state index in [2.05, 4.69) is 5.32 Å². The van der Waals surface area contributed by atoms with E-state index in [4.69, 9.17) is 4.74 Å². The summed E-state index contributed by atoms with van der Waals surface area (Å²) in [5.41, 5.74) is 4.23. The predicted molar refractivity (Wildman–Crippen MR) is 136 cm³/mol. The van der Waals surface area contributed by atoms with Crippen molar-refractivity contribution in [3.63, 3.8) is 0 Å². The number of hydrogen-bond donors (Lipinski definition) is 1. The van der Waals surface area contributed by atoms with Gasteiger partial charge in [-0.05, 0) is 54.7 Å². The van der Waals surface area contributed by atoms with Gasteiger partial charge in [0.05, 0.1) is 0 Å². The van der Waals surface area contributed by atoms with E-state index in [1.54, 1.807) is 4.90 Å². The van der Waals surface area contributed by atoms with Crippen molar-refractivity contribution in [2.24, 2.45) is 0 Å². The molecule has 0 saturated heterocycles. The van der Waals surface area contributed by atoms with E-state index in [0.717, 1.165) is 23.1 Å². The number of aryl methyl sites for hydroxylation is 2. The molecule has 34 heavy (non-hydrogen) atoms. The van der Waals surface area contributed by atoms with Crippen LogP contribution in [0.5, 0.6) is 5.75 Å². The Kier molecular flexibility index (Phi) is 9.27. The lowest BCUT2D eigenvalue weighted by Crippen LogP contribution is -2.51. The third-order valence-corrected chi connectivity index (χ3v) is 5.86. The molecule has 2 amide bonds. The number of carbonyl (C=O) groups is 2. The van der Waals surface area contributed by atoms with Gasteiger partial charge in [0.1, 0.15) is 11.8 Å². The second-order valence-corrected chi connectivity index (χ2v) is 8.54. The third-order valence-electron chi connectivity index (χ3n) is 5.86. The second kappa shape index (κ2) is 12.6. The lowest BCUT2D eigenvalue weighted by Gasteiger charge is -2.31. The molecule has 0 aliphatic carbocycles. The van der Waals surface area contributed by atoms with Crippen LogP contribution in [0.1, 0.15) is 35.6 Å². The van der Waals surface area contributed by atoms with Crippen LogP contribution in [-0.4, -0.2) is 35.9 Å². The van der Waals surface area contributed by atoms with Gasteiger partial charge in [-0.2, -0.15) is 0 Å². The largest absolute Gasteiger partial charge is 0.484 e. The highest BCUT2D eigenvalue weighted by molar-refractivity contribution is 5.88. The van der Waals surface area contributed by atoms with Crippen molar-refractivity contribution < 1.29 is 14.3 Å². The molecule has 0 radical (unpaired) electrons. The number of amides is 2. The van der Waals surface area contributed by atoms with Gasteiger partial charge in [-0.15, -0.1) is 0 Å². The summed E-state index contributed by atoms with van der Waals surface area (Å²) in [6.07, 6.45) is 1.25. The smallest absolute Gasteiger partial charge is 0.261 e. The van der Waals surface area contributed by atoms with Crippen molar-refractivity contribution >= 4 is 11.8 Å². The van der Waals surface area contributed by atoms with Crippen molar-refractivity contribution in [1.29, 1.82) is 0 Å². The summed E-state index contributed by atoms with van der Waals surface area (Å²) in [6.45, 7) is 6.82. The third kappa shape index (κ3) is 7.20. The van der Waals surface area contributed by atoms with Crippen LogP contribution in [0.4, 0.5) is 0 Å². The summed E-state index contributed by atoms with van der Waals surface area (Å²) in [7, 11) is 0. The van der Waals surface area contributed by atoms with E-state index in [0.29, 0.717) is 25.3 Å². The molecule has 1 N–H and O–H groups in total. The summed E-state index contributed by atoms with van der Waals surface area (Å²) in [5, 5.41) is 2.99. The highest BCUT2D eigenvalue weighted by atomic mass is 16.5. The molecular weight excluding hydrogens is 424 g/mol. The SMILES string of the molecule is CCCNC(=O)[C@H](Cc1ccccc1)N(Cc1ccccc1)C(=O)COc1ccc(C)c(C)c1. The number of rotatable bonds is 11. The van der Waals surface area contributed by atoms with E-state index < -0.39 is 6.04 Å². The molecule has 3 aromatic carbocycles. The van der Waals surface area contributed by atoms with Gasteiger partial charge < -0.3 is 15.0 Å². The molecular formula is C29H34N2O3. The number of hydrogen-bond acceptors (Lipinski definition) is 3. The van der Waals surface area contributed by atoms with Crippen molar-refractivity contribution in [3.8, 4) is 5.75 Å². The first-order valence-corrected chi connectivity index (χ1v) is 11.8. The molecule has 0 saturated carbocycles. The van der Waals surface area contributed by atoms with Gasteiger partial charge >= 0.3 is 0 Å². The van der Waals surface area contributed by atoms with Gasteiger partial charge in [-0.25, -0.2) is 0 Å². The fourth-order valence-electron chi connectivity index (χ4n) is 3.73. The van der Waals surface area contributed by atoms with Crippen LogP contribution in [0, 0.1) is 13.8 Å². The van der Waals surface area contributed by atoms with Crippen molar-refractivity contribution in [2.45, 2.75) is 46.2 Å². The maximum atomic E-state index is 13.5. The van der Waals surface area contributed by atoms with Gasteiger partial charge in [0.25, 0.3) is 5.91 Å². The zero-order valence-corrected chi connectivity index (χ0v) is 20.3. The van der Waals surface area contributed by atoms with Crippen LogP contribution < -0.4 is 10.1 Å². The molecule has 0 heterocycles. The average Bonchev–Trinajstić information content (AvgIpc) is 2.86. The van der Waals surface area contributed by atoms with Crippen molar-refractivity contribution in [1.82, 2.24) is 10.2 Å². The minimum Gasteiger partial charge on any atom is -0.484 e. The monoisotopic (exact) mass is 458 g/mol. The molecule has 1 atom stereocenters. The van der Waals surface area contributed by atoms with Crippen LogP contribution in [0.2, 0.25) is 0 Å². The Morgan fingerprint density at radius 2 is 1.53 bits per heavy atom. The molecule has 0 fully saturated rings. The standard InChI is InChI=1S/C29H34N2O3/c1-4-17-30-29(33)27(19-24-11-7-5-8-12-24)31(20-25-13-9-6-10-14-25)28(32)21-34-26-16-15-22(2)23(3)18-26/h5-16,18,27H,4,17,19-21H2,1-3H3,(H,30,33)/t27-/m0/s1. The number of ether oxygens (including phenoxy) is 1.